The van der Waals surface area contributed by atoms with Crippen molar-refractivity contribution in [2.45, 2.75) is 40.2 Å². The van der Waals surface area contributed by atoms with E-state index in [-0.39, 0.29) is 0 Å². The third-order valence-corrected chi connectivity index (χ3v) is 5.13. The topological polar surface area (TPSA) is 41.1 Å². The first-order valence-electron chi connectivity index (χ1n) is 9.09. The van der Waals surface area contributed by atoms with Crippen LogP contribution in [0.15, 0.2) is 48.5 Å². The summed E-state index contributed by atoms with van der Waals surface area (Å²) in [6.07, 6.45) is 1.02. The summed E-state index contributed by atoms with van der Waals surface area (Å²) in [5.41, 5.74) is 7.12. The van der Waals surface area contributed by atoms with E-state index in [1.54, 1.807) is 0 Å². The van der Waals surface area contributed by atoms with Gasteiger partial charge in [0.1, 0.15) is 5.82 Å². The Balaban J connectivity index is 1.72. The highest BCUT2D eigenvalue weighted by atomic mass is 15.3. The molecule has 0 saturated heterocycles. The molecule has 2 aromatic carbocycles. The van der Waals surface area contributed by atoms with Gasteiger partial charge in [0, 0.05) is 29.2 Å². The number of para-hydroxylation sites is 1. The fraction of sp³-hybridized carbons (Fsp3) is 0.273. The SMILES string of the molecule is Cc1cc(Nc2cccc(C)c2C)nc(N2c3ccccc3CC2C)n1. The highest BCUT2D eigenvalue weighted by Crippen LogP contribution is 2.37. The Morgan fingerprint density at radius 3 is 2.65 bits per heavy atom. The van der Waals surface area contributed by atoms with Crippen molar-refractivity contribution in [3.8, 4) is 0 Å². The maximum Gasteiger partial charge on any atom is 0.232 e. The standard InChI is InChI=1S/C22H24N4/c1-14-8-7-10-19(17(14)4)24-21-12-15(2)23-22(25-21)26-16(3)13-18-9-5-6-11-20(18)26/h5-12,16H,13H2,1-4H3,(H,23,24,25). The van der Waals surface area contributed by atoms with Gasteiger partial charge in [-0.05, 0) is 62.9 Å². The summed E-state index contributed by atoms with van der Waals surface area (Å²) in [5, 5.41) is 3.48. The zero-order valence-electron chi connectivity index (χ0n) is 15.7. The van der Waals surface area contributed by atoms with Crippen LogP contribution in [0.5, 0.6) is 0 Å². The van der Waals surface area contributed by atoms with Gasteiger partial charge in [0.2, 0.25) is 5.95 Å². The number of aryl methyl sites for hydroxylation is 2. The van der Waals surface area contributed by atoms with Crippen molar-refractivity contribution < 1.29 is 0 Å². The second kappa shape index (κ2) is 6.45. The van der Waals surface area contributed by atoms with Crippen molar-refractivity contribution in [1.82, 2.24) is 9.97 Å². The van der Waals surface area contributed by atoms with Crippen molar-refractivity contribution in [3.05, 3.63) is 70.9 Å². The lowest BCUT2D eigenvalue weighted by molar-refractivity contribution is 0.738. The molecule has 26 heavy (non-hydrogen) atoms. The Bertz CT molecular complexity index is 964. The molecule has 0 bridgehead atoms. The first-order chi connectivity index (χ1) is 12.5. The van der Waals surface area contributed by atoms with Gasteiger partial charge >= 0.3 is 0 Å². The first-order valence-corrected chi connectivity index (χ1v) is 9.09. The summed E-state index contributed by atoms with van der Waals surface area (Å²) in [5.74, 6) is 1.59. The van der Waals surface area contributed by atoms with Gasteiger partial charge in [0.05, 0.1) is 0 Å². The van der Waals surface area contributed by atoms with E-state index in [1.165, 1.54) is 22.4 Å². The van der Waals surface area contributed by atoms with E-state index >= 15 is 0 Å². The minimum Gasteiger partial charge on any atom is -0.340 e. The molecule has 2 heterocycles. The fourth-order valence-corrected chi connectivity index (χ4v) is 3.62. The third kappa shape index (κ3) is 2.92. The van der Waals surface area contributed by atoms with Crippen LogP contribution in [0.1, 0.15) is 29.3 Å². The Labute approximate surface area is 154 Å². The average Bonchev–Trinajstić information content (AvgIpc) is 2.94. The third-order valence-electron chi connectivity index (χ3n) is 5.13. The molecule has 4 nitrogen and oxygen atoms in total. The van der Waals surface area contributed by atoms with Crippen LogP contribution in [0.3, 0.4) is 0 Å². The quantitative estimate of drug-likeness (QED) is 0.706. The van der Waals surface area contributed by atoms with Crippen LogP contribution in [0, 0.1) is 20.8 Å². The van der Waals surface area contributed by atoms with E-state index in [4.69, 9.17) is 9.97 Å². The van der Waals surface area contributed by atoms with Crippen molar-refractivity contribution in [2.75, 3.05) is 10.2 Å². The Morgan fingerprint density at radius 1 is 1.00 bits per heavy atom. The summed E-state index contributed by atoms with van der Waals surface area (Å²) >= 11 is 0. The van der Waals surface area contributed by atoms with Gasteiger partial charge in [0.25, 0.3) is 0 Å². The van der Waals surface area contributed by atoms with E-state index in [9.17, 15) is 0 Å². The molecule has 132 valence electrons. The Hall–Kier alpha value is -2.88. The van der Waals surface area contributed by atoms with Gasteiger partial charge < -0.3 is 10.2 Å². The number of nitrogens with zero attached hydrogens (tertiary/aromatic N) is 3. The number of rotatable bonds is 3. The van der Waals surface area contributed by atoms with E-state index < -0.39 is 0 Å². The summed E-state index contributed by atoms with van der Waals surface area (Å²) in [6, 6.07) is 17.2. The van der Waals surface area contributed by atoms with E-state index in [1.807, 2.05) is 13.0 Å². The highest BCUT2D eigenvalue weighted by molar-refractivity contribution is 5.69. The van der Waals surface area contributed by atoms with Crippen LogP contribution in [-0.2, 0) is 6.42 Å². The number of hydrogen-bond acceptors (Lipinski definition) is 4. The van der Waals surface area contributed by atoms with Crippen molar-refractivity contribution in [1.29, 1.82) is 0 Å². The predicted octanol–water partition coefficient (Wildman–Crippen LogP) is 5.23. The number of aromatic nitrogens is 2. The Morgan fingerprint density at radius 2 is 1.81 bits per heavy atom. The molecule has 1 aliphatic rings. The van der Waals surface area contributed by atoms with Crippen molar-refractivity contribution in [2.24, 2.45) is 0 Å². The number of nitrogens with one attached hydrogen (secondary N) is 1. The molecule has 0 amide bonds. The Kier molecular flexibility index (Phi) is 4.11. The van der Waals surface area contributed by atoms with E-state index in [0.717, 1.165) is 29.6 Å². The van der Waals surface area contributed by atoms with Crippen LogP contribution in [-0.4, -0.2) is 16.0 Å². The molecule has 0 saturated carbocycles. The second-order valence-electron chi connectivity index (χ2n) is 7.12. The van der Waals surface area contributed by atoms with Gasteiger partial charge in [-0.25, -0.2) is 4.98 Å². The molecule has 1 aliphatic heterocycles. The zero-order chi connectivity index (χ0) is 18.3. The maximum absolute atomic E-state index is 4.83. The molecule has 1 aromatic heterocycles. The summed E-state index contributed by atoms with van der Waals surface area (Å²) < 4.78 is 0. The van der Waals surface area contributed by atoms with Crippen LogP contribution >= 0.6 is 0 Å². The van der Waals surface area contributed by atoms with Crippen molar-refractivity contribution in [3.63, 3.8) is 0 Å². The lowest BCUT2D eigenvalue weighted by Crippen LogP contribution is -2.26. The summed E-state index contributed by atoms with van der Waals surface area (Å²) in [6.45, 7) is 8.50. The zero-order valence-corrected chi connectivity index (χ0v) is 15.7. The molecular weight excluding hydrogens is 320 g/mol. The molecule has 4 heteroatoms. The van der Waals surface area contributed by atoms with Gasteiger partial charge in [0.15, 0.2) is 0 Å². The number of benzene rings is 2. The summed E-state index contributed by atoms with van der Waals surface area (Å²) in [7, 11) is 0. The lowest BCUT2D eigenvalue weighted by atomic mass is 10.1. The fourth-order valence-electron chi connectivity index (χ4n) is 3.62. The monoisotopic (exact) mass is 344 g/mol. The molecule has 1 atom stereocenters. The highest BCUT2D eigenvalue weighted by Gasteiger charge is 2.29. The minimum atomic E-state index is 0.350. The van der Waals surface area contributed by atoms with E-state index in [2.05, 4.69) is 73.5 Å². The van der Waals surface area contributed by atoms with Crippen LogP contribution < -0.4 is 10.2 Å². The minimum absolute atomic E-state index is 0.350. The first kappa shape index (κ1) is 16.6. The number of fused-ring (bicyclic) bond motifs is 1. The number of anilines is 4. The smallest absolute Gasteiger partial charge is 0.232 e. The summed E-state index contributed by atoms with van der Waals surface area (Å²) in [4.78, 5) is 11.8. The maximum atomic E-state index is 4.83. The molecule has 0 spiro atoms. The van der Waals surface area contributed by atoms with Crippen molar-refractivity contribution >= 4 is 23.1 Å². The number of hydrogen-bond donors (Lipinski definition) is 1. The van der Waals surface area contributed by atoms with Gasteiger partial charge in [-0.15, -0.1) is 0 Å². The molecule has 1 unspecified atom stereocenters. The van der Waals surface area contributed by atoms with E-state index in [0.29, 0.717) is 6.04 Å². The molecule has 0 radical (unpaired) electrons. The predicted molar refractivity (Wildman–Crippen MR) is 108 cm³/mol. The molecule has 0 aliphatic carbocycles. The van der Waals surface area contributed by atoms with Gasteiger partial charge in [-0.3, -0.25) is 0 Å². The molecular formula is C22H24N4. The lowest BCUT2D eigenvalue weighted by Gasteiger charge is -2.23. The molecule has 0 fully saturated rings. The van der Waals surface area contributed by atoms with Gasteiger partial charge in [-0.1, -0.05) is 30.3 Å². The normalized spacial score (nSPS) is 15.8. The van der Waals surface area contributed by atoms with Crippen LogP contribution in [0.4, 0.5) is 23.1 Å². The molecule has 1 N–H and O–H groups in total. The average molecular weight is 344 g/mol. The second-order valence-corrected chi connectivity index (χ2v) is 7.12. The van der Waals surface area contributed by atoms with Crippen LogP contribution in [0.25, 0.3) is 0 Å². The largest absolute Gasteiger partial charge is 0.340 e. The molecule has 4 rings (SSSR count). The van der Waals surface area contributed by atoms with Crippen LogP contribution in [0.2, 0.25) is 0 Å². The molecule has 3 aromatic rings. The van der Waals surface area contributed by atoms with Gasteiger partial charge in [-0.2, -0.15) is 4.98 Å².